The Kier molecular flexibility index (Phi) is 3.22. The molecule has 2 aromatic rings. The van der Waals surface area contributed by atoms with Crippen molar-refractivity contribution in [2.24, 2.45) is 0 Å². The predicted molar refractivity (Wildman–Crippen MR) is 62.6 cm³/mol. The molecule has 1 aromatic carbocycles. The van der Waals surface area contributed by atoms with Gasteiger partial charge in [0.2, 0.25) is 0 Å². The van der Waals surface area contributed by atoms with Gasteiger partial charge in [-0.1, -0.05) is 0 Å². The highest BCUT2D eigenvalue weighted by molar-refractivity contribution is 5.88. The lowest BCUT2D eigenvalue weighted by atomic mass is 10.1. The molecule has 2 rings (SSSR count). The van der Waals surface area contributed by atoms with Crippen LogP contribution in [0.15, 0.2) is 27.4 Å². The highest BCUT2D eigenvalue weighted by Gasteiger charge is 2.12. The zero-order valence-corrected chi connectivity index (χ0v) is 9.33. The zero-order chi connectivity index (χ0) is 13.3. The first-order chi connectivity index (χ1) is 8.51. The minimum atomic E-state index is -1.03. The maximum absolute atomic E-state index is 11.6. The van der Waals surface area contributed by atoms with Crippen LogP contribution in [-0.4, -0.2) is 33.1 Å². The quantitative estimate of drug-likeness (QED) is 0.616. The first-order valence-electron chi connectivity index (χ1n) is 5.29. The Hall–Kier alpha value is -2.05. The van der Waals surface area contributed by atoms with E-state index in [1.54, 1.807) is 0 Å². The lowest BCUT2D eigenvalue weighted by Crippen LogP contribution is -2.16. The van der Waals surface area contributed by atoms with Crippen LogP contribution < -0.4 is 5.63 Å². The van der Waals surface area contributed by atoms with Gasteiger partial charge in [-0.05, 0) is 17.5 Å². The summed E-state index contributed by atoms with van der Waals surface area (Å²) < 4.78 is 4.92. The first-order valence-corrected chi connectivity index (χ1v) is 5.29. The van der Waals surface area contributed by atoms with Crippen LogP contribution in [0.1, 0.15) is 5.76 Å². The lowest BCUT2D eigenvalue weighted by Gasteiger charge is -2.07. The fourth-order valence-corrected chi connectivity index (χ4v) is 1.74. The molecule has 1 aromatic heterocycles. The molecule has 0 fully saturated rings. The van der Waals surface area contributed by atoms with Gasteiger partial charge in [0.15, 0.2) is 0 Å². The maximum atomic E-state index is 11.6. The van der Waals surface area contributed by atoms with Crippen molar-refractivity contribution in [3.8, 4) is 11.5 Å². The van der Waals surface area contributed by atoms with Gasteiger partial charge in [0.1, 0.15) is 22.6 Å². The van der Waals surface area contributed by atoms with E-state index in [1.807, 2.05) is 0 Å². The molecule has 1 heterocycles. The van der Waals surface area contributed by atoms with Crippen molar-refractivity contribution in [3.63, 3.8) is 0 Å². The van der Waals surface area contributed by atoms with Gasteiger partial charge >= 0.3 is 5.63 Å². The number of fused-ring (bicyclic) bond motifs is 1. The Morgan fingerprint density at radius 1 is 1.22 bits per heavy atom. The Morgan fingerprint density at radius 2 is 1.94 bits per heavy atom. The molecule has 0 saturated carbocycles. The molecule has 0 spiro atoms. The molecule has 18 heavy (non-hydrogen) atoms. The number of aromatic hydroxyl groups is 2. The van der Waals surface area contributed by atoms with Crippen LogP contribution in [0.2, 0.25) is 0 Å². The Labute approximate surface area is 101 Å². The average Bonchev–Trinajstić information content (AvgIpc) is 2.26. The summed E-state index contributed by atoms with van der Waals surface area (Å²) in [6.07, 6.45) is -1.06. The maximum Gasteiger partial charge on any atom is 0.347 e. The summed E-state index contributed by atoms with van der Waals surface area (Å²) in [5.41, 5.74) is -0.759. The summed E-state index contributed by atoms with van der Waals surface area (Å²) >= 11 is 0. The Balaban J connectivity index is 2.58. The van der Waals surface area contributed by atoms with Crippen molar-refractivity contribution in [2.45, 2.75) is 12.5 Å². The number of phenols is 2. The van der Waals surface area contributed by atoms with Crippen LogP contribution in [0, 0.1) is 0 Å². The summed E-state index contributed by atoms with van der Waals surface area (Å²) in [4.78, 5) is 11.6. The minimum Gasteiger partial charge on any atom is -0.508 e. The Bertz CT molecular complexity index is 630. The van der Waals surface area contributed by atoms with Crippen LogP contribution in [0.3, 0.4) is 0 Å². The molecule has 96 valence electrons. The minimum absolute atomic E-state index is 0.0297. The van der Waals surface area contributed by atoms with Gasteiger partial charge in [0.25, 0.3) is 0 Å². The van der Waals surface area contributed by atoms with Crippen molar-refractivity contribution < 1.29 is 24.8 Å². The molecule has 1 unspecified atom stereocenters. The average molecular weight is 252 g/mol. The third-order valence-electron chi connectivity index (χ3n) is 2.52. The van der Waals surface area contributed by atoms with E-state index in [2.05, 4.69) is 0 Å². The Morgan fingerprint density at radius 3 is 2.61 bits per heavy atom. The number of hydrogen-bond acceptors (Lipinski definition) is 6. The summed E-state index contributed by atoms with van der Waals surface area (Å²) in [6, 6.07) is 3.78. The SMILES string of the molecule is O=c1oc(CC(O)CO)cc2cc(O)cc(O)c12. The van der Waals surface area contributed by atoms with Gasteiger partial charge in [-0.2, -0.15) is 0 Å². The molecule has 0 aliphatic carbocycles. The molecule has 1 atom stereocenters. The van der Waals surface area contributed by atoms with Gasteiger partial charge in [0, 0.05) is 12.5 Å². The van der Waals surface area contributed by atoms with E-state index in [-0.39, 0.29) is 29.1 Å². The summed E-state index contributed by atoms with van der Waals surface area (Å²) in [5.74, 6) is -0.383. The number of hydrogen-bond donors (Lipinski definition) is 4. The summed E-state index contributed by atoms with van der Waals surface area (Å²) in [7, 11) is 0. The van der Waals surface area contributed by atoms with Crippen molar-refractivity contribution in [3.05, 3.63) is 34.4 Å². The predicted octanol–water partition coefficient (Wildman–Crippen LogP) is 0.0999. The monoisotopic (exact) mass is 252 g/mol. The second-order valence-corrected chi connectivity index (χ2v) is 3.97. The van der Waals surface area contributed by atoms with Crippen LogP contribution in [-0.2, 0) is 6.42 Å². The van der Waals surface area contributed by atoms with E-state index < -0.39 is 18.3 Å². The van der Waals surface area contributed by atoms with E-state index in [4.69, 9.17) is 9.52 Å². The summed E-state index contributed by atoms with van der Waals surface area (Å²) in [6.45, 7) is -0.451. The number of phenolic OH excluding ortho intramolecular Hbond substituents is 2. The molecule has 0 amide bonds. The van der Waals surface area contributed by atoms with Crippen molar-refractivity contribution in [1.82, 2.24) is 0 Å². The topological polar surface area (TPSA) is 111 Å². The normalized spacial score (nSPS) is 12.8. The molecule has 0 aliphatic rings. The fraction of sp³-hybridized carbons (Fsp3) is 0.250. The molecule has 6 heteroatoms. The molecule has 0 bridgehead atoms. The van der Waals surface area contributed by atoms with Gasteiger partial charge < -0.3 is 24.8 Å². The number of benzene rings is 1. The lowest BCUT2D eigenvalue weighted by molar-refractivity contribution is 0.0905. The van der Waals surface area contributed by atoms with Gasteiger partial charge in [-0.3, -0.25) is 0 Å². The molecule has 4 N–H and O–H groups in total. The van der Waals surface area contributed by atoms with Crippen molar-refractivity contribution in [2.75, 3.05) is 6.61 Å². The molecular weight excluding hydrogens is 240 g/mol. The van der Waals surface area contributed by atoms with Crippen molar-refractivity contribution in [1.29, 1.82) is 0 Å². The molecule has 0 aliphatic heterocycles. The third-order valence-corrected chi connectivity index (χ3v) is 2.52. The van der Waals surface area contributed by atoms with Gasteiger partial charge in [0.05, 0.1) is 12.7 Å². The van der Waals surface area contributed by atoms with E-state index in [0.717, 1.165) is 6.07 Å². The molecular formula is C12H12O6. The standard InChI is InChI=1S/C12H12O6/c13-5-8(15)3-9-2-6-1-7(14)4-10(16)11(6)12(17)18-9/h1-2,4,8,13-16H,3,5H2. The second-order valence-electron chi connectivity index (χ2n) is 3.97. The summed E-state index contributed by atoms with van der Waals surface area (Å²) in [5, 5.41) is 37.1. The smallest absolute Gasteiger partial charge is 0.347 e. The fourth-order valence-electron chi connectivity index (χ4n) is 1.74. The molecule has 0 saturated heterocycles. The third kappa shape index (κ3) is 2.29. The highest BCUT2D eigenvalue weighted by Crippen LogP contribution is 2.27. The first kappa shape index (κ1) is 12.4. The van der Waals surface area contributed by atoms with Crippen LogP contribution >= 0.6 is 0 Å². The van der Waals surface area contributed by atoms with E-state index in [1.165, 1.54) is 12.1 Å². The van der Waals surface area contributed by atoms with Gasteiger partial charge in [-0.15, -0.1) is 0 Å². The zero-order valence-electron chi connectivity index (χ0n) is 9.33. The van der Waals surface area contributed by atoms with Crippen LogP contribution in [0.4, 0.5) is 0 Å². The van der Waals surface area contributed by atoms with E-state index >= 15 is 0 Å². The number of aliphatic hydroxyl groups is 2. The van der Waals surface area contributed by atoms with E-state index in [9.17, 15) is 20.1 Å². The number of rotatable bonds is 3. The largest absolute Gasteiger partial charge is 0.508 e. The van der Waals surface area contributed by atoms with Crippen molar-refractivity contribution >= 4 is 10.8 Å². The van der Waals surface area contributed by atoms with Gasteiger partial charge in [-0.25, -0.2) is 4.79 Å². The van der Waals surface area contributed by atoms with Crippen LogP contribution in [0.25, 0.3) is 10.8 Å². The van der Waals surface area contributed by atoms with Crippen LogP contribution in [0.5, 0.6) is 11.5 Å². The second kappa shape index (κ2) is 4.67. The molecule has 0 radical (unpaired) electrons. The highest BCUT2D eigenvalue weighted by atomic mass is 16.4. The van der Waals surface area contributed by atoms with E-state index in [0.29, 0.717) is 5.39 Å². The number of aliphatic hydroxyl groups excluding tert-OH is 2. The molecule has 6 nitrogen and oxygen atoms in total.